The Kier molecular flexibility index (Phi) is 4.97. The van der Waals surface area contributed by atoms with Crippen LogP contribution in [0.3, 0.4) is 0 Å². The number of fused-ring (bicyclic) bond motifs is 1. The van der Waals surface area contributed by atoms with Crippen LogP contribution in [0.15, 0.2) is 73.2 Å². The van der Waals surface area contributed by atoms with E-state index in [0.29, 0.717) is 12.1 Å². The van der Waals surface area contributed by atoms with Crippen molar-refractivity contribution in [3.8, 4) is 11.6 Å². The molecular weight excluding hydrogens is 372 g/mol. The second kappa shape index (κ2) is 7.92. The van der Waals surface area contributed by atoms with Gasteiger partial charge in [0.25, 0.3) is 0 Å². The van der Waals surface area contributed by atoms with E-state index in [2.05, 4.69) is 56.7 Å². The van der Waals surface area contributed by atoms with Crippen LogP contribution in [-0.4, -0.2) is 33.1 Å². The molecule has 152 valence electrons. The second-order valence-corrected chi connectivity index (χ2v) is 7.90. The van der Waals surface area contributed by atoms with Crippen molar-refractivity contribution in [2.75, 3.05) is 13.7 Å². The van der Waals surface area contributed by atoms with Crippen molar-refractivity contribution in [2.45, 2.75) is 31.8 Å². The molecule has 2 aromatic heterocycles. The van der Waals surface area contributed by atoms with Crippen LogP contribution < -0.4 is 4.74 Å². The molecule has 0 N–H and O–H groups in total. The van der Waals surface area contributed by atoms with Crippen molar-refractivity contribution in [3.63, 3.8) is 0 Å². The van der Waals surface area contributed by atoms with Crippen LogP contribution in [0.2, 0.25) is 0 Å². The Morgan fingerprint density at radius 2 is 1.87 bits per heavy atom. The fraction of sp³-hybridized carbons (Fsp3) is 0.280. The molecule has 1 aliphatic rings. The standard InChI is InChI=1S/C25H26N4O/c1-18(19-9-11-21(30-2)12-10-19)28-15-5-8-23(28)20-13-14-26-25(16-20)29-17-27-22-6-3-4-7-24(22)29/h3-4,6-7,9-14,16-18,23H,5,8,15H2,1-2H3/t18-,23+/m1/s1. The number of hydrogen-bond donors (Lipinski definition) is 0. The van der Waals surface area contributed by atoms with E-state index in [9.17, 15) is 0 Å². The molecule has 0 amide bonds. The van der Waals surface area contributed by atoms with Gasteiger partial charge >= 0.3 is 0 Å². The summed E-state index contributed by atoms with van der Waals surface area (Å²) in [5.74, 6) is 1.82. The number of nitrogens with zero attached hydrogens (tertiary/aromatic N) is 4. The monoisotopic (exact) mass is 398 g/mol. The van der Waals surface area contributed by atoms with Crippen molar-refractivity contribution in [2.24, 2.45) is 0 Å². The molecule has 1 fully saturated rings. The number of para-hydroxylation sites is 2. The van der Waals surface area contributed by atoms with Crippen LogP contribution in [0.25, 0.3) is 16.9 Å². The number of benzene rings is 2. The highest BCUT2D eigenvalue weighted by Gasteiger charge is 2.30. The van der Waals surface area contributed by atoms with Crippen molar-refractivity contribution in [1.29, 1.82) is 0 Å². The summed E-state index contributed by atoms with van der Waals surface area (Å²) in [7, 11) is 1.71. The third-order valence-electron chi connectivity index (χ3n) is 6.24. The molecule has 0 unspecified atom stereocenters. The van der Waals surface area contributed by atoms with Gasteiger partial charge in [-0.15, -0.1) is 0 Å². The molecule has 1 saturated heterocycles. The average molecular weight is 399 g/mol. The maximum absolute atomic E-state index is 5.32. The fourth-order valence-electron chi connectivity index (χ4n) is 4.60. The number of rotatable bonds is 5. The van der Waals surface area contributed by atoms with Crippen LogP contribution in [0.1, 0.15) is 43.0 Å². The minimum Gasteiger partial charge on any atom is -0.497 e. The molecule has 4 aromatic rings. The lowest BCUT2D eigenvalue weighted by Crippen LogP contribution is -2.26. The number of methoxy groups -OCH3 is 1. The molecule has 5 nitrogen and oxygen atoms in total. The van der Waals surface area contributed by atoms with Crippen LogP contribution in [0.4, 0.5) is 0 Å². The Hall–Kier alpha value is -3.18. The van der Waals surface area contributed by atoms with E-state index in [1.54, 1.807) is 7.11 Å². The summed E-state index contributed by atoms with van der Waals surface area (Å²) in [6.07, 6.45) is 6.16. The summed E-state index contributed by atoms with van der Waals surface area (Å²) in [5.41, 5.74) is 4.70. The number of ether oxygens (including phenoxy) is 1. The highest BCUT2D eigenvalue weighted by molar-refractivity contribution is 5.76. The zero-order chi connectivity index (χ0) is 20.5. The van der Waals surface area contributed by atoms with Crippen LogP contribution in [0, 0.1) is 0 Å². The molecule has 3 heterocycles. The first-order valence-corrected chi connectivity index (χ1v) is 10.5. The maximum atomic E-state index is 5.32. The van der Waals surface area contributed by atoms with Crippen molar-refractivity contribution in [3.05, 3.63) is 84.3 Å². The summed E-state index contributed by atoms with van der Waals surface area (Å²) in [6.45, 7) is 3.40. The van der Waals surface area contributed by atoms with Crippen LogP contribution in [0.5, 0.6) is 5.75 Å². The van der Waals surface area contributed by atoms with Crippen molar-refractivity contribution < 1.29 is 4.74 Å². The van der Waals surface area contributed by atoms with E-state index < -0.39 is 0 Å². The summed E-state index contributed by atoms with van der Waals surface area (Å²) >= 11 is 0. The average Bonchev–Trinajstić information content (AvgIpc) is 3.46. The molecule has 30 heavy (non-hydrogen) atoms. The number of imidazole rings is 1. The second-order valence-electron chi connectivity index (χ2n) is 7.90. The fourth-order valence-corrected chi connectivity index (χ4v) is 4.60. The first-order chi connectivity index (χ1) is 14.7. The predicted molar refractivity (Wildman–Crippen MR) is 119 cm³/mol. The van der Waals surface area contributed by atoms with Gasteiger partial charge in [0.1, 0.15) is 17.9 Å². The number of aromatic nitrogens is 3. The van der Waals surface area contributed by atoms with Gasteiger partial charge < -0.3 is 4.74 Å². The lowest BCUT2D eigenvalue weighted by atomic mass is 10.0. The molecule has 0 aliphatic carbocycles. The van der Waals surface area contributed by atoms with E-state index in [-0.39, 0.29) is 0 Å². The Labute approximate surface area is 177 Å². The van der Waals surface area contributed by atoms with E-state index in [1.807, 2.05) is 42.9 Å². The Morgan fingerprint density at radius 1 is 1.03 bits per heavy atom. The molecule has 1 aliphatic heterocycles. The third-order valence-corrected chi connectivity index (χ3v) is 6.24. The van der Waals surface area contributed by atoms with Gasteiger partial charge in [0, 0.05) is 18.3 Å². The van der Waals surface area contributed by atoms with Gasteiger partial charge in [0.05, 0.1) is 18.1 Å². The zero-order valence-corrected chi connectivity index (χ0v) is 17.4. The Morgan fingerprint density at radius 3 is 2.70 bits per heavy atom. The molecule has 0 saturated carbocycles. The van der Waals surface area contributed by atoms with Gasteiger partial charge in [-0.05, 0) is 73.8 Å². The number of hydrogen-bond acceptors (Lipinski definition) is 4. The molecule has 0 bridgehead atoms. The Bertz CT molecular complexity index is 1150. The van der Waals surface area contributed by atoms with Gasteiger partial charge in [-0.25, -0.2) is 9.97 Å². The molecule has 2 atom stereocenters. The lowest BCUT2D eigenvalue weighted by molar-refractivity contribution is 0.194. The Balaban J connectivity index is 1.45. The van der Waals surface area contributed by atoms with E-state index in [0.717, 1.165) is 35.6 Å². The number of likely N-dealkylation sites (tertiary alicyclic amines) is 1. The summed E-state index contributed by atoms with van der Waals surface area (Å²) < 4.78 is 7.39. The topological polar surface area (TPSA) is 43.2 Å². The van der Waals surface area contributed by atoms with Gasteiger partial charge in [-0.2, -0.15) is 0 Å². The normalized spacial score (nSPS) is 18.0. The van der Waals surface area contributed by atoms with Crippen LogP contribution >= 0.6 is 0 Å². The maximum Gasteiger partial charge on any atom is 0.138 e. The first-order valence-electron chi connectivity index (χ1n) is 10.5. The highest BCUT2D eigenvalue weighted by atomic mass is 16.5. The molecule has 5 rings (SSSR count). The minimum absolute atomic E-state index is 0.342. The third kappa shape index (κ3) is 3.35. The molecule has 0 radical (unpaired) electrons. The van der Waals surface area contributed by atoms with Gasteiger partial charge in [-0.1, -0.05) is 24.3 Å². The smallest absolute Gasteiger partial charge is 0.138 e. The SMILES string of the molecule is COc1ccc([C@@H](C)N2CCC[C@H]2c2ccnc(-n3cnc4ccccc43)c2)cc1. The quantitative estimate of drug-likeness (QED) is 0.456. The predicted octanol–water partition coefficient (Wildman–Crippen LogP) is 5.33. The van der Waals surface area contributed by atoms with Crippen molar-refractivity contribution >= 4 is 11.0 Å². The highest BCUT2D eigenvalue weighted by Crippen LogP contribution is 2.39. The molecule has 0 spiro atoms. The molecular formula is C25H26N4O. The van der Waals surface area contributed by atoms with E-state index in [1.165, 1.54) is 17.5 Å². The summed E-state index contributed by atoms with van der Waals surface area (Å²) in [6, 6.07) is 21.7. The van der Waals surface area contributed by atoms with Gasteiger partial charge in [-0.3, -0.25) is 9.47 Å². The van der Waals surface area contributed by atoms with Crippen molar-refractivity contribution in [1.82, 2.24) is 19.4 Å². The van der Waals surface area contributed by atoms with E-state index >= 15 is 0 Å². The van der Waals surface area contributed by atoms with E-state index in [4.69, 9.17) is 4.74 Å². The molecule has 2 aromatic carbocycles. The summed E-state index contributed by atoms with van der Waals surface area (Å²) in [5, 5.41) is 0. The minimum atomic E-state index is 0.342. The van der Waals surface area contributed by atoms with Gasteiger partial charge in [0.15, 0.2) is 0 Å². The molecule has 5 heteroatoms. The van der Waals surface area contributed by atoms with Crippen LogP contribution in [-0.2, 0) is 0 Å². The zero-order valence-electron chi connectivity index (χ0n) is 17.4. The first kappa shape index (κ1) is 18.8. The largest absolute Gasteiger partial charge is 0.497 e. The number of pyridine rings is 1. The summed E-state index contributed by atoms with van der Waals surface area (Å²) in [4.78, 5) is 11.8. The lowest BCUT2D eigenvalue weighted by Gasteiger charge is -2.31. The van der Waals surface area contributed by atoms with Gasteiger partial charge in [0.2, 0.25) is 0 Å².